The van der Waals surface area contributed by atoms with Crippen molar-refractivity contribution in [3.05, 3.63) is 0 Å². The van der Waals surface area contributed by atoms with E-state index in [2.05, 4.69) is 4.74 Å². The third kappa shape index (κ3) is 5.59. The summed E-state index contributed by atoms with van der Waals surface area (Å²) in [5.41, 5.74) is 0. The van der Waals surface area contributed by atoms with E-state index >= 15 is 0 Å². The van der Waals surface area contributed by atoms with Crippen LogP contribution < -0.4 is 0 Å². The van der Waals surface area contributed by atoms with E-state index in [0.29, 0.717) is 26.2 Å². The molecule has 1 aliphatic rings. The summed E-state index contributed by atoms with van der Waals surface area (Å²) in [6.07, 6.45) is -11.7. The summed E-state index contributed by atoms with van der Waals surface area (Å²) in [6, 6.07) is 0. The van der Waals surface area contributed by atoms with Crippen molar-refractivity contribution in [1.82, 2.24) is 4.90 Å². The molecule has 1 rings (SSSR count). The minimum absolute atomic E-state index is 0.0721. The smallest absolute Gasteiger partial charge is 0.460 e. The van der Waals surface area contributed by atoms with Gasteiger partial charge in [-0.15, -0.1) is 0 Å². The Morgan fingerprint density at radius 3 is 1.37 bits per heavy atom. The number of hydrogen-bond donors (Lipinski definition) is 0. The Bertz CT molecular complexity index is 833. The van der Waals surface area contributed by atoms with Gasteiger partial charge in [0, 0.05) is 13.5 Å². The van der Waals surface area contributed by atoms with Crippen molar-refractivity contribution in [2.24, 2.45) is 0 Å². The summed E-state index contributed by atoms with van der Waals surface area (Å²) < 4.78 is 232. The lowest BCUT2D eigenvalue weighted by molar-refractivity contribution is -0.462. The quantitative estimate of drug-likeness (QED) is 0.192. The monoisotopic (exact) mass is 603 g/mol. The molecule has 0 aromatic rings. The minimum atomic E-state index is -8.68. The van der Waals surface area contributed by atoms with Crippen molar-refractivity contribution in [3.63, 3.8) is 0 Å². The Morgan fingerprint density at radius 1 is 0.632 bits per heavy atom. The Morgan fingerprint density at radius 2 is 1.00 bits per heavy atom. The molecule has 0 bridgehead atoms. The maximum absolute atomic E-state index is 14.3. The van der Waals surface area contributed by atoms with E-state index in [9.17, 15) is 79.4 Å². The first-order valence-corrected chi connectivity index (χ1v) is 10.2. The zero-order valence-corrected chi connectivity index (χ0v) is 18.7. The molecule has 0 spiro atoms. The topological polar surface area (TPSA) is 29.5 Å². The molecule has 0 N–H and O–H groups in total. The molecule has 0 saturated carbocycles. The van der Waals surface area contributed by atoms with E-state index in [0.717, 1.165) is 0 Å². The molecule has 1 aliphatic heterocycles. The van der Waals surface area contributed by atoms with Crippen LogP contribution in [0, 0.1) is 0 Å². The van der Waals surface area contributed by atoms with Gasteiger partial charge in [-0.05, 0) is 25.9 Å². The minimum Gasteiger partial charge on any atom is -0.461 e. The first-order valence-electron chi connectivity index (χ1n) is 10.2. The Kier molecular flexibility index (Phi) is 9.32. The number of likely N-dealkylation sites (tertiary alicyclic amines) is 1. The molecule has 38 heavy (non-hydrogen) atoms. The molecule has 0 radical (unpaired) electrons. The van der Waals surface area contributed by atoms with Crippen molar-refractivity contribution in [2.75, 3.05) is 19.6 Å². The molecule has 1 fully saturated rings. The van der Waals surface area contributed by atoms with Crippen molar-refractivity contribution in [1.29, 1.82) is 0 Å². The molecular weight excluding hydrogens is 585 g/mol. The van der Waals surface area contributed by atoms with E-state index in [1.807, 2.05) is 0 Å². The van der Waals surface area contributed by atoms with Crippen LogP contribution in [-0.4, -0.2) is 84.2 Å². The van der Waals surface area contributed by atoms with Gasteiger partial charge in [0.1, 0.15) is 6.10 Å². The van der Waals surface area contributed by atoms with Gasteiger partial charge in [0.05, 0.1) is 6.42 Å². The van der Waals surface area contributed by atoms with Gasteiger partial charge in [-0.2, -0.15) is 74.6 Å². The lowest BCUT2D eigenvalue weighted by atomic mass is 9.87. The van der Waals surface area contributed by atoms with E-state index in [1.54, 1.807) is 0 Å². The molecule has 20 heteroatoms. The lowest BCUT2D eigenvalue weighted by Crippen LogP contribution is -2.74. The number of esters is 1. The average Bonchev–Trinajstić information content (AvgIpc) is 2.71. The second-order valence-corrected chi connectivity index (χ2v) is 8.45. The highest BCUT2D eigenvalue weighted by Gasteiger charge is 2.95. The summed E-state index contributed by atoms with van der Waals surface area (Å²) in [5.74, 6) is -58.3. The van der Waals surface area contributed by atoms with Crippen LogP contribution in [0.1, 0.15) is 32.6 Å². The summed E-state index contributed by atoms with van der Waals surface area (Å²) in [5, 5.41) is 0. The van der Waals surface area contributed by atoms with Crippen LogP contribution in [0.3, 0.4) is 0 Å². The molecule has 0 aromatic heterocycles. The SMILES string of the molecule is CC(=O)OC(CN1CCCCC1)CC(F)(F)C(F)(F)C(F)(F)C(F)(F)C(F)(F)C(F)(F)C(F)(F)C(F)(F)F. The van der Waals surface area contributed by atoms with Gasteiger partial charge in [-0.25, -0.2) is 0 Å². The third-order valence-electron chi connectivity index (χ3n) is 5.51. The van der Waals surface area contributed by atoms with Gasteiger partial charge in [-0.1, -0.05) is 6.42 Å². The predicted molar refractivity (Wildman–Crippen MR) is 91.1 cm³/mol. The Balaban J connectivity index is 3.47. The standard InChI is InChI=1S/C18H18F17NO2/c1-9(37)38-10(8-36-5-3-2-4-6-36)7-11(19,20)12(21,22)13(23,24)14(25,26)15(27,28)16(29,30)17(31,32)18(33,34)35/h10H,2-8H2,1H3. The first-order chi connectivity index (χ1) is 16.6. The van der Waals surface area contributed by atoms with E-state index in [4.69, 9.17) is 0 Å². The average molecular weight is 603 g/mol. The van der Waals surface area contributed by atoms with E-state index in [-0.39, 0.29) is 13.1 Å². The summed E-state index contributed by atoms with van der Waals surface area (Å²) in [6.45, 7) is -0.226. The second kappa shape index (κ2) is 10.3. The summed E-state index contributed by atoms with van der Waals surface area (Å²) >= 11 is 0. The number of piperidine rings is 1. The van der Waals surface area contributed by atoms with E-state index < -0.39 is 72.7 Å². The van der Waals surface area contributed by atoms with E-state index in [1.165, 1.54) is 4.90 Å². The highest BCUT2D eigenvalue weighted by molar-refractivity contribution is 5.66. The van der Waals surface area contributed by atoms with Gasteiger partial charge in [0.2, 0.25) is 0 Å². The molecule has 0 amide bonds. The molecule has 226 valence electrons. The zero-order valence-electron chi connectivity index (χ0n) is 18.7. The van der Waals surface area contributed by atoms with Crippen LogP contribution in [0.15, 0.2) is 0 Å². The van der Waals surface area contributed by atoms with Gasteiger partial charge in [-0.3, -0.25) is 9.69 Å². The number of nitrogens with zero attached hydrogens (tertiary/aromatic N) is 1. The molecule has 1 unspecified atom stereocenters. The maximum atomic E-state index is 14.3. The van der Waals surface area contributed by atoms with Crippen LogP contribution >= 0.6 is 0 Å². The van der Waals surface area contributed by atoms with Crippen LogP contribution in [-0.2, 0) is 9.53 Å². The Labute approximate surface area is 202 Å². The normalized spacial score (nSPS) is 18.9. The highest BCUT2D eigenvalue weighted by Crippen LogP contribution is 2.64. The molecule has 0 aromatic carbocycles. The largest absolute Gasteiger partial charge is 0.461 e. The first kappa shape index (κ1) is 34.3. The summed E-state index contributed by atoms with van der Waals surface area (Å²) in [4.78, 5) is 12.3. The Hall–Kier alpha value is -1.76. The molecule has 1 atom stereocenters. The fraction of sp³-hybridized carbons (Fsp3) is 0.944. The summed E-state index contributed by atoms with van der Waals surface area (Å²) in [7, 11) is 0. The van der Waals surface area contributed by atoms with Crippen molar-refractivity contribution in [2.45, 2.75) is 86.3 Å². The van der Waals surface area contributed by atoms with Gasteiger partial charge in [0.15, 0.2) is 0 Å². The molecule has 0 aliphatic carbocycles. The number of rotatable bonds is 11. The fourth-order valence-electron chi connectivity index (χ4n) is 3.42. The number of alkyl halides is 17. The number of hydrogen-bond acceptors (Lipinski definition) is 3. The third-order valence-corrected chi connectivity index (χ3v) is 5.51. The number of carbonyl (C=O) groups excluding carboxylic acids is 1. The molecule has 1 heterocycles. The molecule has 3 nitrogen and oxygen atoms in total. The fourth-order valence-corrected chi connectivity index (χ4v) is 3.42. The van der Waals surface area contributed by atoms with Crippen LogP contribution in [0.25, 0.3) is 0 Å². The number of halogens is 17. The molecule has 1 saturated heterocycles. The second-order valence-electron chi connectivity index (χ2n) is 8.45. The van der Waals surface area contributed by atoms with Gasteiger partial charge < -0.3 is 4.74 Å². The maximum Gasteiger partial charge on any atom is 0.460 e. The van der Waals surface area contributed by atoms with Crippen LogP contribution in [0.4, 0.5) is 74.6 Å². The number of carbonyl (C=O) groups is 1. The van der Waals surface area contributed by atoms with Crippen LogP contribution in [0.5, 0.6) is 0 Å². The highest BCUT2D eigenvalue weighted by atomic mass is 19.4. The zero-order chi connectivity index (χ0) is 30.4. The van der Waals surface area contributed by atoms with Crippen molar-refractivity contribution in [3.8, 4) is 0 Å². The van der Waals surface area contributed by atoms with Gasteiger partial charge >= 0.3 is 53.6 Å². The van der Waals surface area contributed by atoms with Crippen molar-refractivity contribution >= 4 is 5.97 Å². The van der Waals surface area contributed by atoms with Crippen LogP contribution in [0.2, 0.25) is 0 Å². The number of ether oxygens (including phenoxy) is 1. The van der Waals surface area contributed by atoms with Crippen molar-refractivity contribution < 1.29 is 84.2 Å². The van der Waals surface area contributed by atoms with Gasteiger partial charge in [0.25, 0.3) is 0 Å². The molecular formula is C18H18F17NO2. The lowest BCUT2D eigenvalue weighted by Gasteiger charge is -2.43. The predicted octanol–water partition coefficient (Wildman–Crippen LogP) is 6.80.